The van der Waals surface area contributed by atoms with Crippen LogP contribution in [0.5, 0.6) is 0 Å². The standard InChI is InChI=1S/C7H8N2O4S/c1-14(12,13)7-8-3-2-5(9-7)4-6(10)11/h2-3H,4H2,1H3,(H,10,11). The van der Waals surface area contributed by atoms with E-state index in [4.69, 9.17) is 5.11 Å². The Kier molecular flexibility index (Phi) is 2.80. The molecule has 0 aliphatic carbocycles. The summed E-state index contributed by atoms with van der Waals surface area (Å²) >= 11 is 0. The maximum atomic E-state index is 11.0. The van der Waals surface area contributed by atoms with Gasteiger partial charge in [0, 0.05) is 12.5 Å². The zero-order chi connectivity index (χ0) is 10.8. The second-order valence-electron chi connectivity index (χ2n) is 2.67. The van der Waals surface area contributed by atoms with E-state index in [1.165, 1.54) is 12.3 Å². The van der Waals surface area contributed by atoms with Crippen LogP contribution in [0.15, 0.2) is 17.4 Å². The molecule has 7 heteroatoms. The highest BCUT2D eigenvalue weighted by molar-refractivity contribution is 7.90. The molecule has 0 fully saturated rings. The number of nitrogens with zero attached hydrogens (tertiary/aromatic N) is 2. The summed E-state index contributed by atoms with van der Waals surface area (Å²) in [6.07, 6.45) is 1.87. The minimum Gasteiger partial charge on any atom is -0.481 e. The normalized spacial score (nSPS) is 11.2. The minimum atomic E-state index is -3.48. The lowest BCUT2D eigenvalue weighted by molar-refractivity contribution is -0.136. The smallest absolute Gasteiger partial charge is 0.309 e. The fourth-order valence-electron chi connectivity index (χ4n) is 0.808. The van der Waals surface area contributed by atoms with Crippen molar-refractivity contribution in [2.75, 3.05) is 6.26 Å². The Labute approximate surface area is 80.5 Å². The SMILES string of the molecule is CS(=O)(=O)c1nccc(CC(=O)O)n1. The Morgan fingerprint density at radius 1 is 1.57 bits per heavy atom. The summed E-state index contributed by atoms with van der Waals surface area (Å²) in [7, 11) is -3.48. The molecule has 1 N–H and O–H groups in total. The van der Waals surface area contributed by atoms with E-state index < -0.39 is 15.8 Å². The predicted octanol–water partition coefficient (Wildman–Crippen LogP) is -0.493. The van der Waals surface area contributed by atoms with Crippen LogP contribution in [0, 0.1) is 0 Å². The first-order chi connectivity index (χ1) is 6.39. The van der Waals surface area contributed by atoms with Crippen LogP contribution in [-0.2, 0) is 21.1 Å². The van der Waals surface area contributed by atoms with Crippen LogP contribution < -0.4 is 0 Å². The van der Waals surface area contributed by atoms with Crippen molar-refractivity contribution in [2.45, 2.75) is 11.6 Å². The maximum absolute atomic E-state index is 11.0. The lowest BCUT2D eigenvalue weighted by Gasteiger charge is -1.98. The second kappa shape index (κ2) is 3.70. The highest BCUT2D eigenvalue weighted by Gasteiger charge is 2.12. The summed E-state index contributed by atoms with van der Waals surface area (Å²) in [4.78, 5) is 17.5. The number of rotatable bonds is 3. The van der Waals surface area contributed by atoms with Crippen LogP contribution >= 0.6 is 0 Å². The average Bonchev–Trinajstić information content (AvgIpc) is 2.01. The summed E-state index contributed by atoms with van der Waals surface area (Å²) in [5, 5.41) is 8.10. The summed E-state index contributed by atoms with van der Waals surface area (Å²) < 4.78 is 22.0. The molecule has 6 nitrogen and oxygen atoms in total. The molecule has 0 bridgehead atoms. The molecule has 1 aromatic heterocycles. The molecular formula is C7H8N2O4S. The van der Waals surface area contributed by atoms with Crippen LogP contribution in [0.3, 0.4) is 0 Å². The van der Waals surface area contributed by atoms with Gasteiger partial charge in [0.2, 0.25) is 15.0 Å². The van der Waals surface area contributed by atoms with Gasteiger partial charge in [0.25, 0.3) is 0 Å². The molecule has 1 rings (SSSR count). The molecule has 1 heterocycles. The van der Waals surface area contributed by atoms with Crippen molar-refractivity contribution in [1.82, 2.24) is 9.97 Å². The maximum Gasteiger partial charge on any atom is 0.309 e. The third-order valence-electron chi connectivity index (χ3n) is 1.36. The van der Waals surface area contributed by atoms with E-state index in [1.807, 2.05) is 0 Å². The molecule has 1 aromatic rings. The number of aromatic nitrogens is 2. The van der Waals surface area contributed by atoms with Crippen LogP contribution in [0.4, 0.5) is 0 Å². The summed E-state index contributed by atoms with van der Waals surface area (Å²) in [6, 6.07) is 1.36. The molecule has 0 aromatic carbocycles. The average molecular weight is 216 g/mol. The minimum absolute atomic E-state index is 0.174. The molecule has 0 unspecified atom stereocenters. The van der Waals surface area contributed by atoms with E-state index in [0.29, 0.717) is 0 Å². The van der Waals surface area contributed by atoms with Gasteiger partial charge in [0.15, 0.2) is 0 Å². The number of hydrogen-bond acceptors (Lipinski definition) is 5. The van der Waals surface area contributed by atoms with E-state index in [1.54, 1.807) is 0 Å². The molecule has 0 spiro atoms. The Hall–Kier alpha value is -1.50. The van der Waals surface area contributed by atoms with Crippen molar-refractivity contribution in [3.63, 3.8) is 0 Å². The first-order valence-electron chi connectivity index (χ1n) is 3.63. The Morgan fingerprint density at radius 2 is 2.21 bits per heavy atom. The van der Waals surface area contributed by atoms with E-state index >= 15 is 0 Å². The first-order valence-corrected chi connectivity index (χ1v) is 5.52. The van der Waals surface area contributed by atoms with Gasteiger partial charge in [-0.15, -0.1) is 0 Å². The predicted molar refractivity (Wildman–Crippen MR) is 46.5 cm³/mol. The number of carboxylic acid groups (broad SMARTS) is 1. The van der Waals surface area contributed by atoms with Crippen LogP contribution in [0.2, 0.25) is 0 Å². The number of hydrogen-bond donors (Lipinski definition) is 1. The first kappa shape index (κ1) is 10.6. The van der Waals surface area contributed by atoms with Gasteiger partial charge in [-0.2, -0.15) is 0 Å². The van der Waals surface area contributed by atoms with Gasteiger partial charge in [-0.3, -0.25) is 4.79 Å². The molecular weight excluding hydrogens is 208 g/mol. The number of sulfone groups is 1. The molecule has 0 radical (unpaired) electrons. The monoisotopic (exact) mass is 216 g/mol. The Morgan fingerprint density at radius 3 is 2.71 bits per heavy atom. The van der Waals surface area contributed by atoms with Crippen molar-refractivity contribution >= 4 is 15.8 Å². The van der Waals surface area contributed by atoms with E-state index in [-0.39, 0.29) is 17.3 Å². The van der Waals surface area contributed by atoms with Crippen LogP contribution in [-0.4, -0.2) is 35.7 Å². The third-order valence-corrected chi connectivity index (χ3v) is 2.22. The molecule has 0 saturated carbocycles. The molecule has 76 valence electrons. The van der Waals surface area contributed by atoms with Gasteiger partial charge in [-0.05, 0) is 6.07 Å². The molecule has 0 saturated heterocycles. The second-order valence-corrected chi connectivity index (χ2v) is 4.58. The molecule has 0 aliphatic rings. The molecule has 14 heavy (non-hydrogen) atoms. The van der Waals surface area contributed by atoms with Crippen molar-refractivity contribution < 1.29 is 18.3 Å². The fourth-order valence-corrected chi connectivity index (χ4v) is 1.34. The van der Waals surface area contributed by atoms with Crippen LogP contribution in [0.1, 0.15) is 5.69 Å². The fraction of sp³-hybridized carbons (Fsp3) is 0.286. The summed E-state index contributed by atoms with van der Waals surface area (Å²) in [6.45, 7) is 0. The van der Waals surface area contributed by atoms with E-state index in [9.17, 15) is 13.2 Å². The number of carbonyl (C=O) groups is 1. The van der Waals surface area contributed by atoms with Gasteiger partial charge in [-0.25, -0.2) is 18.4 Å². The summed E-state index contributed by atoms with van der Waals surface area (Å²) in [5.41, 5.74) is 0.174. The Balaban J connectivity index is 3.08. The Bertz CT molecular complexity index is 455. The van der Waals surface area contributed by atoms with Crippen molar-refractivity contribution in [1.29, 1.82) is 0 Å². The van der Waals surface area contributed by atoms with Crippen molar-refractivity contribution in [2.24, 2.45) is 0 Å². The van der Waals surface area contributed by atoms with Crippen molar-refractivity contribution in [3.8, 4) is 0 Å². The van der Waals surface area contributed by atoms with Crippen LogP contribution in [0.25, 0.3) is 0 Å². The topological polar surface area (TPSA) is 97.2 Å². The number of carboxylic acids is 1. The van der Waals surface area contributed by atoms with E-state index in [2.05, 4.69) is 9.97 Å². The van der Waals surface area contributed by atoms with Gasteiger partial charge in [0.1, 0.15) is 0 Å². The van der Waals surface area contributed by atoms with E-state index in [0.717, 1.165) is 6.26 Å². The van der Waals surface area contributed by atoms with Gasteiger partial charge in [0.05, 0.1) is 12.1 Å². The zero-order valence-electron chi connectivity index (χ0n) is 7.34. The summed E-state index contributed by atoms with van der Waals surface area (Å²) in [5.74, 6) is -1.07. The molecule has 0 atom stereocenters. The quantitative estimate of drug-likeness (QED) is 0.684. The highest BCUT2D eigenvalue weighted by atomic mass is 32.2. The lowest BCUT2D eigenvalue weighted by Crippen LogP contribution is -2.08. The molecule has 0 amide bonds. The third kappa shape index (κ3) is 2.77. The number of aliphatic carboxylic acids is 1. The largest absolute Gasteiger partial charge is 0.481 e. The zero-order valence-corrected chi connectivity index (χ0v) is 8.15. The molecule has 0 aliphatic heterocycles. The van der Waals surface area contributed by atoms with Gasteiger partial charge < -0.3 is 5.11 Å². The highest BCUT2D eigenvalue weighted by Crippen LogP contribution is 2.02. The van der Waals surface area contributed by atoms with Gasteiger partial charge >= 0.3 is 5.97 Å². The van der Waals surface area contributed by atoms with Gasteiger partial charge in [-0.1, -0.05) is 0 Å². The van der Waals surface area contributed by atoms with Crippen molar-refractivity contribution in [3.05, 3.63) is 18.0 Å². The lowest BCUT2D eigenvalue weighted by atomic mass is 10.3.